The van der Waals surface area contributed by atoms with Gasteiger partial charge in [-0.05, 0) is 53.9 Å². The maximum Gasteiger partial charge on any atom is 0.261 e. The molecule has 5 nitrogen and oxygen atoms in total. The third kappa shape index (κ3) is 4.28. The first-order chi connectivity index (χ1) is 13.5. The van der Waals surface area contributed by atoms with Gasteiger partial charge < -0.3 is 19.5 Å². The molecule has 0 aliphatic carbocycles. The number of amides is 1. The summed E-state index contributed by atoms with van der Waals surface area (Å²) in [5.74, 6) is 2.02. The van der Waals surface area contributed by atoms with E-state index >= 15 is 0 Å². The summed E-state index contributed by atoms with van der Waals surface area (Å²) in [4.78, 5) is 14.4. The Morgan fingerprint density at radius 2 is 1.64 bits per heavy atom. The van der Waals surface area contributed by atoms with Crippen molar-refractivity contribution < 1.29 is 19.0 Å². The SMILES string of the molecule is COc1ccc(-c2cc(C(=O)NCc3ccc(OC)c(OC)c3)sc2C)cc1. The molecule has 0 saturated carbocycles. The van der Waals surface area contributed by atoms with Gasteiger partial charge in [-0.15, -0.1) is 11.3 Å². The molecule has 0 bridgehead atoms. The van der Waals surface area contributed by atoms with E-state index in [1.807, 2.05) is 55.5 Å². The van der Waals surface area contributed by atoms with Gasteiger partial charge in [0.25, 0.3) is 5.91 Å². The third-order valence-corrected chi connectivity index (χ3v) is 5.49. The van der Waals surface area contributed by atoms with Crippen LogP contribution >= 0.6 is 11.3 Å². The molecule has 0 radical (unpaired) electrons. The monoisotopic (exact) mass is 397 g/mol. The van der Waals surface area contributed by atoms with Crippen molar-refractivity contribution in [3.63, 3.8) is 0 Å². The Kier molecular flexibility index (Phi) is 6.21. The summed E-state index contributed by atoms with van der Waals surface area (Å²) < 4.78 is 15.8. The summed E-state index contributed by atoms with van der Waals surface area (Å²) in [6, 6.07) is 15.4. The van der Waals surface area contributed by atoms with E-state index in [0.717, 1.165) is 27.3 Å². The Balaban J connectivity index is 1.71. The number of aryl methyl sites for hydroxylation is 1. The molecule has 28 heavy (non-hydrogen) atoms. The van der Waals surface area contributed by atoms with Gasteiger partial charge in [0, 0.05) is 11.4 Å². The number of nitrogens with one attached hydrogen (secondary N) is 1. The quantitative estimate of drug-likeness (QED) is 0.629. The fourth-order valence-corrected chi connectivity index (χ4v) is 3.87. The molecular weight excluding hydrogens is 374 g/mol. The standard InChI is InChI=1S/C22H23NO4S/c1-14-18(16-6-8-17(25-2)9-7-16)12-21(28-14)22(24)23-13-15-5-10-19(26-3)20(11-15)27-4/h5-12H,13H2,1-4H3,(H,23,24). The molecule has 2 aromatic carbocycles. The number of carbonyl (C=O) groups excluding carboxylic acids is 1. The highest BCUT2D eigenvalue weighted by atomic mass is 32.1. The third-order valence-electron chi connectivity index (χ3n) is 4.44. The average Bonchev–Trinajstić information content (AvgIpc) is 3.13. The molecule has 146 valence electrons. The van der Waals surface area contributed by atoms with Crippen molar-refractivity contribution in [2.75, 3.05) is 21.3 Å². The second-order valence-electron chi connectivity index (χ2n) is 6.18. The molecule has 3 aromatic rings. The van der Waals surface area contributed by atoms with Crippen LogP contribution in [0.1, 0.15) is 20.1 Å². The highest BCUT2D eigenvalue weighted by Crippen LogP contribution is 2.32. The van der Waals surface area contributed by atoms with Crippen molar-refractivity contribution in [3.8, 4) is 28.4 Å². The molecule has 1 heterocycles. The topological polar surface area (TPSA) is 56.8 Å². The normalized spacial score (nSPS) is 10.4. The van der Waals surface area contributed by atoms with Gasteiger partial charge in [0.05, 0.1) is 26.2 Å². The van der Waals surface area contributed by atoms with Crippen molar-refractivity contribution in [1.82, 2.24) is 5.32 Å². The predicted molar refractivity (Wildman–Crippen MR) is 112 cm³/mol. The van der Waals surface area contributed by atoms with Crippen LogP contribution in [0.5, 0.6) is 17.2 Å². The van der Waals surface area contributed by atoms with Crippen molar-refractivity contribution >= 4 is 17.2 Å². The Hall–Kier alpha value is -2.99. The van der Waals surface area contributed by atoms with E-state index < -0.39 is 0 Å². The summed E-state index contributed by atoms with van der Waals surface area (Å²) in [6.07, 6.45) is 0. The zero-order valence-electron chi connectivity index (χ0n) is 16.4. The number of rotatable bonds is 7. The van der Waals surface area contributed by atoms with E-state index in [1.165, 1.54) is 11.3 Å². The number of ether oxygens (including phenoxy) is 3. The van der Waals surface area contributed by atoms with E-state index in [1.54, 1.807) is 21.3 Å². The van der Waals surface area contributed by atoms with Gasteiger partial charge in [0.15, 0.2) is 11.5 Å². The van der Waals surface area contributed by atoms with Gasteiger partial charge in [-0.1, -0.05) is 18.2 Å². The number of hydrogen-bond acceptors (Lipinski definition) is 5. The van der Waals surface area contributed by atoms with Gasteiger partial charge in [-0.2, -0.15) is 0 Å². The number of hydrogen-bond donors (Lipinski definition) is 1. The van der Waals surface area contributed by atoms with Crippen LogP contribution in [-0.4, -0.2) is 27.2 Å². The second kappa shape index (κ2) is 8.80. The highest BCUT2D eigenvalue weighted by Gasteiger charge is 2.14. The summed E-state index contributed by atoms with van der Waals surface area (Å²) in [7, 11) is 4.83. The van der Waals surface area contributed by atoms with Gasteiger partial charge >= 0.3 is 0 Å². The number of benzene rings is 2. The Morgan fingerprint density at radius 3 is 2.29 bits per heavy atom. The minimum Gasteiger partial charge on any atom is -0.497 e. The van der Waals surface area contributed by atoms with Crippen LogP contribution in [0.2, 0.25) is 0 Å². The Morgan fingerprint density at radius 1 is 0.929 bits per heavy atom. The highest BCUT2D eigenvalue weighted by molar-refractivity contribution is 7.14. The number of methoxy groups -OCH3 is 3. The van der Waals surface area contributed by atoms with E-state index in [9.17, 15) is 4.79 Å². The molecule has 0 aliphatic heterocycles. The molecular formula is C22H23NO4S. The zero-order chi connectivity index (χ0) is 20.1. The summed E-state index contributed by atoms with van der Waals surface area (Å²) in [6.45, 7) is 2.43. The first kappa shape index (κ1) is 19.8. The number of carbonyl (C=O) groups is 1. The summed E-state index contributed by atoms with van der Waals surface area (Å²) in [5.41, 5.74) is 3.06. The van der Waals surface area contributed by atoms with Gasteiger partial charge in [0.1, 0.15) is 5.75 Å². The molecule has 0 saturated heterocycles. The van der Waals surface area contributed by atoms with E-state index in [0.29, 0.717) is 22.9 Å². The van der Waals surface area contributed by atoms with Crippen LogP contribution in [-0.2, 0) is 6.54 Å². The molecule has 0 atom stereocenters. The molecule has 0 spiro atoms. The Labute approximate surface area is 168 Å². The lowest BCUT2D eigenvalue weighted by Crippen LogP contribution is -2.21. The van der Waals surface area contributed by atoms with Crippen LogP contribution in [0.15, 0.2) is 48.5 Å². The largest absolute Gasteiger partial charge is 0.497 e. The molecule has 6 heteroatoms. The van der Waals surface area contributed by atoms with Crippen molar-refractivity contribution in [1.29, 1.82) is 0 Å². The van der Waals surface area contributed by atoms with Crippen LogP contribution in [0, 0.1) is 6.92 Å². The van der Waals surface area contributed by atoms with Crippen molar-refractivity contribution in [3.05, 3.63) is 63.8 Å². The van der Waals surface area contributed by atoms with Gasteiger partial charge in [-0.25, -0.2) is 0 Å². The molecule has 0 unspecified atom stereocenters. The molecule has 1 amide bonds. The molecule has 0 fully saturated rings. The van der Waals surface area contributed by atoms with Crippen LogP contribution in [0.4, 0.5) is 0 Å². The van der Waals surface area contributed by atoms with Crippen molar-refractivity contribution in [2.45, 2.75) is 13.5 Å². The smallest absolute Gasteiger partial charge is 0.261 e. The fraction of sp³-hybridized carbons (Fsp3) is 0.227. The molecule has 1 N–H and O–H groups in total. The van der Waals surface area contributed by atoms with Crippen molar-refractivity contribution in [2.24, 2.45) is 0 Å². The minimum absolute atomic E-state index is 0.0948. The average molecular weight is 397 g/mol. The molecule has 3 rings (SSSR count). The minimum atomic E-state index is -0.0948. The zero-order valence-corrected chi connectivity index (χ0v) is 17.2. The lowest BCUT2D eigenvalue weighted by Gasteiger charge is -2.10. The number of thiophene rings is 1. The van der Waals surface area contributed by atoms with E-state index in [-0.39, 0.29) is 5.91 Å². The van der Waals surface area contributed by atoms with E-state index in [4.69, 9.17) is 14.2 Å². The first-order valence-corrected chi connectivity index (χ1v) is 9.61. The molecule has 0 aliphatic rings. The van der Waals surface area contributed by atoms with Gasteiger partial charge in [-0.3, -0.25) is 4.79 Å². The lowest BCUT2D eigenvalue weighted by molar-refractivity contribution is 0.0955. The maximum atomic E-state index is 12.6. The fourth-order valence-electron chi connectivity index (χ4n) is 2.91. The van der Waals surface area contributed by atoms with Crippen LogP contribution in [0.25, 0.3) is 11.1 Å². The van der Waals surface area contributed by atoms with E-state index in [2.05, 4.69) is 5.32 Å². The molecule has 1 aromatic heterocycles. The second-order valence-corrected chi connectivity index (χ2v) is 7.44. The first-order valence-electron chi connectivity index (χ1n) is 8.79. The van der Waals surface area contributed by atoms with Gasteiger partial charge in [0.2, 0.25) is 0 Å². The lowest BCUT2D eigenvalue weighted by atomic mass is 10.1. The van der Waals surface area contributed by atoms with Crippen LogP contribution < -0.4 is 19.5 Å². The Bertz CT molecular complexity index is 963. The summed E-state index contributed by atoms with van der Waals surface area (Å²) in [5, 5.41) is 2.97. The summed E-state index contributed by atoms with van der Waals surface area (Å²) >= 11 is 1.49. The van der Waals surface area contributed by atoms with Crippen LogP contribution in [0.3, 0.4) is 0 Å². The predicted octanol–water partition coefficient (Wildman–Crippen LogP) is 4.68. The maximum absolute atomic E-state index is 12.6.